The van der Waals surface area contributed by atoms with Crippen LogP contribution in [0.5, 0.6) is 0 Å². The molecule has 2 N–H and O–H groups in total. The van der Waals surface area contributed by atoms with Gasteiger partial charge in [0.15, 0.2) is 5.82 Å². The highest BCUT2D eigenvalue weighted by atomic mass is 16.3. The summed E-state index contributed by atoms with van der Waals surface area (Å²) < 4.78 is 1.67. The summed E-state index contributed by atoms with van der Waals surface area (Å²) in [4.78, 5) is 4.42. The van der Waals surface area contributed by atoms with E-state index < -0.39 is 0 Å². The summed E-state index contributed by atoms with van der Waals surface area (Å²) in [5.41, 5.74) is 1.66. The fourth-order valence-electron chi connectivity index (χ4n) is 2.05. The Balaban J connectivity index is 2.16. The predicted octanol–water partition coefficient (Wildman–Crippen LogP) is 0.426. The lowest BCUT2D eigenvalue weighted by molar-refractivity contribution is 0.270. The van der Waals surface area contributed by atoms with Crippen molar-refractivity contribution in [3.8, 4) is 22.8 Å². The number of aryl methyl sites for hydroxylation is 1. The molecule has 8 heteroatoms. The van der Waals surface area contributed by atoms with Gasteiger partial charge in [0.05, 0.1) is 13.2 Å². The van der Waals surface area contributed by atoms with E-state index in [1.54, 1.807) is 4.68 Å². The van der Waals surface area contributed by atoms with Gasteiger partial charge >= 0.3 is 0 Å². The molecule has 1 aromatic carbocycles. The van der Waals surface area contributed by atoms with Gasteiger partial charge in [-0.2, -0.15) is 10.3 Å². The van der Waals surface area contributed by atoms with Gasteiger partial charge in [-0.25, -0.2) is 9.67 Å². The summed E-state index contributed by atoms with van der Waals surface area (Å²) in [7, 11) is 0. The first-order valence-electron chi connectivity index (χ1n) is 6.15. The van der Waals surface area contributed by atoms with Gasteiger partial charge < -0.3 is 5.11 Å². The third kappa shape index (κ3) is 2.16. The molecule has 0 aliphatic carbocycles. The molecule has 0 atom stereocenters. The number of aromatic amines is 1. The van der Waals surface area contributed by atoms with Crippen molar-refractivity contribution in [3.05, 3.63) is 30.1 Å². The van der Waals surface area contributed by atoms with Crippen LogP contribution in [-0.4, -0.2) is 47.1 Å². The average molecular weight is 271 g/mol. The summed E-state index contributed by atoms with van der Waals surface area (Å²) >= 11 is 0. The van der Waals surface area contributed by atoms with Crippen LogP contribution in [0.2, 0.25) is 0 Å². The molecule has 0 saturated heterocycles. The quantitative estimate of drug-likeness (QED) is 0.712. The van der Waals surface area contributed by atoms with E-state index in [4.69, 9.17) is 5.11 Å². The second kappa shape index (κ2) is 5.17. The fraction of sp³-hybridized carbons (Fsp3) is 0.250. The maximum absolute atomic E-state index is 9.13. The Kier molecular flexibility index (Phi) is 3.21. The molecule has 3 aromatic rings. The topological polar surface area (TPSA) is 105 Å². The van der Waals surface area contributed by atoms with E-state index in [0.29, 0.717) is 24.0 Å². The van der Waals surface area contributed by atoms with Crippen LogP contribution in [0, 0.1) is 6.92 Å². The van der Waals surface area contributed by atoms with Crippen LogP contribution in [0.25, 0.3) is 22.8 Å². The minimum Gasteiger partial charge on any atom is -0.394 e. The fourth-order valence-corrected chi connectivity index (χ4v) is 2.05. The van der Waals surface area contributed by atoms with Gasteiger partial charge in [-0.15, -0.1) is 10.2 Å². The van der Waals surface area contributed by atoms with Crippen LogP contribution in [0.1, 0.15) is 5.82 Å². The van der Waals surface area contributed by atoms with E-state index in [1.165, 1.54) is 0 Å². The zero-order valence-corrected chi connectivity index (χ0v) is 10.9. The lowest BCUT2D eigenvalue weighted by Crippen LogP contribution is -2.06. The highest BCUT2D eigenvalue weighted by Gasteiger charge is 2.16. The molecule has 0 unspecified atom stereocenters. The second-order valence-corrected chi connectivity index (χ2v) is 4.21. The number of benzene rings is 1. The van der Waals surface area contributed by atoms with Gasteiger partial charge in [0, 0.05) is 11.1 Å². The molecular formula is C12H13N7O. The Labute approximate surface area is 114 Å². The van der Waals surface area contributed by atoms with E-state index in [1.807, 2.05) is 31.2 Å². The molecule has 0 radical (unpaired) electrons. The molecule has 102 valence electrons. The van der Waals surface area contributed by atoms with Crippen molar-refractivity contribution in [2.45, 2.75) is 13.5 Å². The highest BCUT2D eigenvalue weighted by Crippen LogP contribution is 2.28. The second-order valence-electron chi connectivity index (χ2n) is 4.21. The first-order valence-corrected chi connectivity index (χ1v) is 6.15. The minimum atomic E-state index is 0.000176. The number of aliphatic hydroxyl groups excluding tert-OH is 1. The Morgan fingerprint density at radius 1 is 1.25 bits per heavy atom. The monoisotopic (exact) mass is 271 g/mol. The number of hydrogen-bond acceptors (Lipinski definition) is 6. The molecule has 3 rings (SSSR count). The number of nitrogens with one attached hydrogen (secondary N) is 1. The number of rotatable bonds is 4. The Morgan fingerprint density at radius 2 is 2.05 bits per heavy atom. The van der Waals surface area contributed by atoms with Crippen LogP contribution >= 0.6 is 0 Å². The first-order chi connectivity index (χ1) is 9.79. The minimum absolute atomic E-state index is 0.000176. The SMILES string of the molecule is Cc1nc(-c2ccccc2-c2nn[nH]n2)n(CCO)n1. The molecule has 2 heterocycles. The number of hydrogen-bond donors (Lipinski definition) is 2. The Hall–Kier alpha value is -2.61. The van der Waals surface area contributed by atoms with Crippen molar-refractivity contribution in [3.63, 3.8) is 0 Å². The van der Waals surface area contributed by atoms with E-state index in [9.17, 15) is 0 Å². The van der Waals surface area contributed by atoms with Crippen LogP contribution in [0.3, 0.4) is 0 Å². The zero-order valence-electron chi connectivity index (χ0n) is 10.9. The van der Waals surface area contributed by atoms with Gasteiger partial charge in [-0.05, 0) is 12.1 Å². The lowest BCUT2D eigenvalue weighted by Gasteiger charge is -2.07. The molecule has 0 aliphatic rings. The summed E-state index contributed by atoms with van der Waals surface area (Å²) in [6.45, 7) is 2.20. The third-order valence-electron chi connectivity index (χ3n) is 2.84. The van der Waals surface area contributed by atoms with Crippen molar-refractivity contribution < 1.29 is 5.11 Å². The molecule has 2 aromatic heterocycles. The molecular weight excluding hydrogens is 258 g/mol. The van der Waals surface area contributed by atoms with Crippen LogP contribution in [-0.2, 0) is 6.54 Å². The number of H-pyrrole nitrogens is 1. The molecule has 0 fully saturated rings. The molecule has 0 saturated carbocycles. The van der Waals surface area contributed by atoms with E-state index in [2.05, 4.69) is 30.7 Å². The standard InChI is InChI=1S/C12H13N7O/c1-8-13-12(19(16-8)6-7-20)10-5-3-2-4-9(10)11-14-17-18-15-11/h2-5,20H,6-7H2,1H3,(H,14,15,17,18). The maximum atomic E-state index is 9.13. The van der Waals surface area contributed by atoms with Crippen LogP contribution < -0.4 is 0 Å². The van der Waals surface area contributed by atoms with Gasteiger partial charge in [0.1, 0.15) is 5.82 Å². The van der Waals surface area contributed by atoms with E-state index in [0.717, 1.165) is 11.1 Å². The van der Waals surface area contributed by atoms with E-state index in [-0.39, 0.29) is 6.61 Å². The van der Waals surface area contributed by atoms with Crippen molar-refractivity contribution in [1.82, 2.24) is 35.4 Å². The maximum Gasteiger partial charge on any atom is 0.205 e. The molecule has 0 aliphatic heterocycles. The van der Waals surface area contributed by atoms with Crippen molar-refractivity contribution in [2.75, 3.05) is 6.61 Å². The van der Waals surface area contributed by atoms with Crippen LogP contribution in [0.15, 0.2) is 24.3 Å². The number of tetrazole rings is 1. The average Bonchev–Trinajstić information content (AvgIpc) is 3.09. The lowest BCUT2D eigenvalue weighted by atomic mass is 10.1. The Bertz CT molecular complexity index is 704. The predicted molar refractivity (Wildman–Crippen MR) is 70.5 cm³/mol. The molecule has 0 spiro atoms. The number of aromatic nitrogens is 7. The normalized spacial score (nSPS) is 10.9. The Morgan fingerprint density at radius 3 is 2.75 bits per heavy atom. The highest BCUT2D eigenvalue weighted by molar-refractivity contribution is 5.76. The third-order valence-corrected chi connectivity index (χ3v) is 2.84. The summed E-state index contributed by atoms with van der Waals surface area (Å²) in [5, 5.41) is 27.4. The summed E-state index contributed by atoms with van der Waals surface area (Å²) in [6, 6.07) is 7.62. The largest absolute Gasteiger partial charge is 0.394 e. The molecule has 0 amide bonds. The van der Waals surface area contributed by atoms with Crippen molar-refractivity contribution in [1.29, 1.82) is 0 Å². The summed E-state index contributed by atoms with van der Waals surface area (Å²) in [6.07, 6.45) is 0. The summed E-state index contributed by atoms with van der Waals surface area (Å²) in [5.74, 6) is 1.82. The first kappa shape index (κ1) is 12.4. The van der Waals surface area contributed by atoms with Gasteiger partial charge in [-0.1, -0.05) is 24.3 Å². The van der Waals surface area contributed by atoms with Gasteiger partial charge in [0.2, 0.25) is 5.82 Å². The molecule has 20 heavy (non-hydrogen) atoms. The van der Waals surface area contributed by atoms with Crippen LogP contribution in [0.4, 0.5) is 0 Å². The van der Waals surface area contributed by atoms with E-state index >= 15 is 0 Å². The van der Waals surface area contributed by atoms with Crippen molar-refractivity contribution >= 4 is 0 Å². The number of nitrogens with zero attached hydrogens (tertiary/aromatic N) is 6. The molecule has 0 bridgehead atoms. The van der Waals surface area contributed by atoms with Crippen molar-refractivity contribution in [2.24, 2.45) is 0 Å². The molecule has 8 nitrogen and oxygen atoms in total. The van der Waals surface area contributed by atoms with Gasteiger partial charge in [0.25, 0.3) is 0 Å². The zero-order chi connectivity index (χ0) is 13.9. The smallest absolute Gasteiger partial charge is 0.205 e. The van der Waals surface area contributed by atoms with Gasteiger partial charge in [-0.3, -0.25) is 0 Å². The number of aliphatic hydroxyl groups is 1.